The Labute approximate surface area is 164 Å². The minimum atomic E-state index is -0.676. The number of nitrogens with two attached hydrogens (primary N) is 1. The monoisotopic (exact) mass is 387 g/mol. The van der Waals surface area contributed by atoms with Crippen molar-refractivity contribution in [2.45, 2.75) is 13.5 Å². The minimum absolute atomic E-state index is 0.140. The highest BCUT2D eigenvalue weighted by atomic mass is 16.6. The molecule has 0 heterocycles. The molecule has 0 aliphatic heterocycles. The lowest BCUT2D eigenvalue weighted by molar-refractivity contribution is -0.141. The van der Waals surface area contributed by atoms with E-state index in [1.807, 2.05) is 19.1 Å². The van der Waals surface area contributed by atoms with Crippen molar-refractivity contribution in [3.63, 3.8) is 0 Å². The van der Waals surface area contributed by atoms with Crippen LogP contribution in [-0.4, -0.2) is 44.3 Å². The Morgan fingerprint density at radius 3 is 2.32 bits per heavy atom. The molecule has 0 aliphatic rings. The van der Waals surface area contributed by atoms with Gasteiger partial charge < -0.3 is 25.3 Å². The van der Waals surface area contributed by atoms with Crippen LogP contribution in [0.5, 0.6) is 11.5 Å². The summed E-state index contributed by atoms with van der Waals surface area (Å²) in [5, 5.41) is 3.15. The predicted octanol–water partition coefficient (Wildman–Crippen LogP) is 2.88. The minimum Gasteiger partial charge on any atom is -0.497 e. The molecular weight excluding hydrogens is 362 g/mol. The fourth-order valence-electron chi connectivity index (χ4n) is 2.50. The van der Waals surface area contributed by atoms with Gasteiger partial charge >= 0.3 is 12.1 Å². The molecule has 150 valence electrons. The quantitative estimate of drug-likeness (QED) is 0.530. The van der Waals surface area contributed by atoms with Crippen molar-refractivity contribution in [3.05, 3.63) is 48.0 Å². The third-order valence-corrected chi connectivity index (χ3v) is 3.93. The molecule has 0 bridgehead atoms. The third-order valence-electron chi connectivity index (χ3n) is 3.93. The maximum atomic E-state index is 12.6. The van der Waals surface area contributed by atoms with Gasteiger partial charge in [-0.15, -0.1) is 0 Å². The van der Waals surface area contributed by atoms with Crippen LogP contribution in [-0.2, 0) is 16.1 Å². The Hall–Kier alpha value is -3.42. The molecular formula is C20H25N3O5. The van der Waals surface area contributed by atoms with Crippen molar-refractivity contribution in [2.75, 3.05) is 38.4 Å². The predicted molar refractivity (Wildman–Crippen MR) is 106 cm³/mol. The highest BCUT2D eigenvalue weighted by molar-refractivity contribution is 5.79. The van der Waals surface area contributed by atoms with Gasteiger partial charge in [0.25, 0.3) is 0 Å². The van der Waals surface area contributed by atoms with Gasteiger partial charge in [0.2, 0.25) is 0 Å². The smallest absolute Gasteiger partial charge is 0.416 e. The molecule has 0 aliphatic carbocycles. The number of esters is 1. The maximum absolute atomic E-state index is 12.6. The standard InChI is InChI=1S/C20H25N3O5/c1-4-22-18-10-5-14(11-17(18)21)12-23(13-19(24)27-3)20(25)28-16-8-6-15(26-2)7-9-16/h5-11,22H,4,12-13,21H2,1-3H3. The highest BCUT2D eigenvalue weighted by Crippen LogP contribution is 2.22. The molecule has 1 amide bonds. The van der Waals surface area contributed by atoms with Gasteiger partial charge in [0.05, 0.1) is 25.6 Å². The molecule has 0 spiro atoms. The zero-order valence-corrected chi connectivity index (χ0v) is 16.2. The first-order chi connectivity index (χ1) is 13.5. The summed E-state index contributed by atoms with van der Waals surface area (Å²) in [6, 6.07) is 12.0. The van der Waals surface area contributed by atoms with E-state index < -0.39 is 12.1 Å². The Bertz CT molecular complexity index is 808. The fraction of sp³-hybridized carbons (Fsp3) is 0.300. The first-order valence-corrected chi connectivity index (χ1v) is 8.76. The lowest BCUT2D eigenvalue weighted by Gasteiger charge is -2.21. The van der Waals surface area contributed by atoms with E-state index >= 15 is 0 Å². The van der Waals surface area contributed by atoms with Crippen LogP contribution >= 0.6 is 0 Å². The highest BCUT2D eigenvalue weighted by Gasteiger charge is 2.20. The van der Waals surface area contributed by atoms with E-state index in [1.54, 1.807) is 37.4 Å². The van der Waals surface area contributed by atoms with Crippen LogP contribution in [0.2, 0.25) is 0 Å². The average Bonchev–Trinajstić information content (AvgIpc) is 2.70. The molecule has 0 atom stereocenters. The molecule has 2 rings (SSSR count). The first kappa shape index (κ1) is 20.9. The molecule has 2 aromatic rings. The van der Waals surface area contributed by atoms with Crippen molar-refractivity contribution in [2.24, 2.45) is 0 Å². The number of amides is 1. The van der Waals surface area contributed by atoms with Gasteiger partial charge in [-0.3, -0.25) is 9.69 Å². The van der Waals surface area contributed by atoms with Gasteiger partial charge in [-0.05, 0) is 48.9 Å². The zero-order valence-electron chi connectivity index (χ0n) is 16.2. The van der Waals surface area contributed by atoms with E-state index in [0.29, 0.717) is 17.2 Å². The second-order valence-electron chi connectivity index (χ2n) is 5.93. The zero-order chi connectivity index (χ0) is 20.5. The summed E-state index contributed by atoms with van der Waals surface area (Å²) < 4.78 is 15.1. The van der Waals surface area contributed by atoms with Gasteiger partial charge in [0, 0.05) is 13.1 Å². The first-order valence-electron chi connectivity index (χ1n) is 8.76. The molecule has 8 heteroatoms. The normalized spacial score (nSPS) is 10.1. The number of ether oxygens (including phenoxy) is 3. The van der Waals surface area contributed by atoms with Crippen molar-refractivity contribution in [3.8, 4) is 11.5 Å². The Kier molecular flexibility index (Phi) is 7.50. The summed E-state index contributed by atoms with van der Waals surface area (Å²) in [7, 11) is 2.81. The van der Waals surface area contributed by atoms with E-state index in [9.17, 15) is 9.59 Å². The number of methoxy groups -OCH3 is 2. The van der Waals surface area contributed by atoms with Crippen LogP contribution in [0.1, 0.15) is 12.5 Å². The number of carbonyl (C=O) groups excluding carboxylic acids is 2. The summed E-state index contributed by atoms with van der Waals surface area (Å²) in [4.78, 5) is 25.6. The van der Waals surface area contributed by atoms with Crippen molar-refractivity contribution in [1.29, 1.82) is 0 Å². The Balaban J connectivity index is 2.14. The van der Waals surface area contributed by atoms with Crippen LogP contribution < -0.4 is 20.5 Å². The number of rotatable bonds is 8. The molecule has 2 aromatic carbocycles. The van der Waals surface area contributed by atoms with E-state index in [2.05, 4.69) is 10.1 Å². The fourth-order valence-corrected chi connectivity index (χ4v) is 2.50. The number of benzene rings is 2. The topological polar surface area (TPSA) is 103 Å². The maximum Gasteiger partial charge on any atom is 0.416 e. The lowest BCUT2D eigenvalue weighted by atomic mass is 10.1. The summed E-state index contributed by atoms with van der Waals surface area (Å²) in [5.41, 5.74) is 8.16. The number of anilines is 2. The molecule has 0 saturated heterocycles. The SMILES string of the molecule is CCNc1ccc(CN(CC(=O)OC)C(=O)Oc2ccc(OC)cc2)cc1N. The number of carbonyl (C=O) groups is 2. The van der Waals surface area contributed by atoms with E-state index in [0.717, 1.165) is 17.8 Å². The number of nitrogens with one attached hydrogen (secondary N) is 1. The van der Waals surface area contributed by atoms with Gasteiger partial charge in [0.15, 0.2) is 0 Å². The van der Waals surface area contributed by atoms with Gasteiger partial charge in [0.1, 0.15) is 18.0 Å². The summed E-state index contributed by atoms with van der Waals surface area (Å²) in [6.45, 7) is 2.61. The average molecular weight is 387 g/mol. The second-order valence-corrected chi connectivity index (χ2v) is 5.93. The van der Waals surface area contributed by atoms with Crippen LogP contribution in [0.15, 0.2) is 42.5 Å². The number of hydrogen-bond acceptors (Lipinski definition) is 7. The molecule has 0 fully saturated rings. The molecule has 3 N–H and O–H groups in total. The van der Waals surface area contributed by atoms with Gasteiger partial charge in [-0.1, -0.05) is 6.07 Å². The molecule has 28 heavy (non-hydrogen) atoms. The molecule has 0 aromatic heterocycles. The summed E-state index contributed by atoms with van der Waals surface area (Å²) >= 11 is 0. The van der Waals surface area contributed by atoms with Crippen LogP contribution in [0, 0.1) is 0 Å². The molecule has 8 nitrogen and oxygen atoms in total. The second kappa shape index (κ2) is 10.1. The van der Waals surface area contributed by atoms with Crippen LogP contribution in [0.3, 0.4) is 0 Å². The van der Waals surface area contributed by atoms with Crippen LogP contribution in [0.4, 0.5) is 16.2 Å². The molecule has 0 radical (unpaired) electrons. The number of nitrogen functional groups attached to an aromatic ring is 1. The third kappa shape index (κ3) is 5.80. The van der Waals surface area contributed by atoms with E-state index in [4.69, 9.17) is 15.2 Å². The molecule has 0 unspecified atom stereocenters. The summed E-state index contributed by atoms with van der Waals surface area (Å²) in [6.07, 6.45) is -0.676. The number of nitrogens with zero attached hydrogens (tertiary/aromatic N) is 1. The van der Waals surface area contributed by atoms with Crippen molar-refractivity contribution < 1.29 is 23.8 Å². The Morgan fingerprint density at radius 1 is 1.07 bits per heavy atom. The van der Waals surface area contributed by atoms with Crippen molar-refractivity contribution >= 4 is 23.4 Å². The number of hydrogen-bond donors (Lipinski definition) is 2. The van der Waals surface area contributed by atoms with Gasteiger partial charge in [-0.25, -0.2) is 4.79 Å². The molecule has 0 saturated carbocycles. The van der Waals surface area contributed by atoms with Crippen molar-refractivity contribution in [1.82, 2.24) is 4.90 Å². The van der Waals surface area contributed by atoms with Crippen LogP contribution in [0.25, 0.3) is 0 Å². The van der Waals surface area contributed by atoms with E-state index in [1.165, 1.54) is 12.0 Å². The van der Waals surface area contributed by atoms with Gasteiger partial charge in [-0.2, -0.15) is 0 Å². The Morgan fingerprint density at radius 2 is 1.75 bits per heavy atom. The largest absolute Gasteiger partial charge is 0.497 e. The lowest BCUT2D eigenvalue weighted by Crippen LogP contribution is -2.37. The van der Waals surface area contributed by atoms with E-state index in [-0.39, 0.29) is 13.1 Å². The summed E-state index contributed by atoms with van der Waals surface area (Å²) in [5.74, 6) is 0.425.